The third kappa shape index (κ3) is 4.34. The average Bonchev–Trinajstić information content (AvgIpc) is 3.06. The van der Waals surface area contributed by atoms with Gasteiger partial charge in [0.15, 0.2) is 11.6 Å². The zero-order chi connectivity index (χ0) is 20.4. The van der Waals surface area contributed by atoms with E-state index in [0.717, 1.165) is 45.9 Å². The molecule has 0 atom stereocenters. The highest BCUT2D eigenvalue weighted by atomic mass is 32.1. The van der Waals surface area contributed by atoms with Crippen molar-refractivity contribution in [3.05, 3.63) is 51.6 Å². The second-order valence-electron chi connectivity index (χ2n) is 7.05. The van der Waals surface area contributed by atoms with Gasteiger partial charge in [-0.1, -0.05) is 0 Å². The average molecular weight is 410 g/mol. The molecule has 0 bridgehead atoms. The maximum absolute atomic E-state index is 12.8. The highest BCUT2D eigenvalue weighted by molar-refractivity contribution is 7.13. The lowest BCUT2D eigenvalue weighted by Gasteiger charge is -2.35. The predicted octanol–water partition coefficient (Wildman–Crippen LogP) is 2.96. The normalized spacial score (nSPS) is 14.2. The molecule has 9 heteroatoms. The van der Waals surface area contributed by atoms with Crippen molar-refractivity contribution in [3.8, 4) is 0 Å². The second kappa shape index (κ2) is 8.12. The number of rotatable bonds is 4. The van der Waals surface area contributed by atoms with Crippen molar-refractivity contribution >= 4 is 34.7 Å². The summed E-state index contributed by atoms with van der Waals surface area (Å²) in [5.74, 6) is 2.28. The molecule has 8 nitrogen and oxygen atoms in total. The molecule has 1 amide bonds. The fraction of sp³-hybridized carbons (Fsp3) is 0.350. The standard InChI is InChI=1S/C20H23N7OS/c1-13-6-7-21-17(12-13)23-16-4-5-18(25-24-16)26-8-10-27(11-9-26)20(28)19-14(2)22-15(3)29-19/h4-7,12H,8-11H2,1-3H3,(H,21,23,24). The van der Waals surface area contributed by atoms with Gasteiger partial charge in [-0.05, 0) is 50.6 Å². The zero-order valence-corrected chi connectivity index (χ0v) is 17.5. The molecule has 1 fully saturated rings. The molecule has 3 aromatic heterocycles. The van der Waals surface area contributed by atoms with E-state index in [1.165, 1.54) is 11.3 Å². The van der Waals surface area contributed by atoms with Crippen LogP contribution in [0.3, 0.4) is 0 Å². The number of nitrogens with one attached hydrogen (secondary N) is 1. The van der Waals surface area contributed by atoms with Crippen molar-refractivity contribution in [1.29, 1.82) is 0 Å². The summed E-state index contributed by atoms with van der Waals surface area (Å²) in [6.45, 7) is 8.60. The van der Waals surface area contributed by atoms with Gasteiger partial charge in [-0.2, -0.15) is 0 Å². The topological polar surface area (TPSA) is 87.1 Å². The van der Waals surface area contributed by atoms with Crippen LogP contribution in [0.25, 0.3) is 0 Å². The highest BCUT2D eigenvalue weighted by Gasteiger charge is 2.25. The molecule has 0 saturated carbocycles. The number of carbonyl (C=O) groups is 1. The summed E-state index contributed by atoms with van der Waals surface area (Å²) in [4.78, 5) is 26.2. The molecule has 0 aliphatic carbocycles. The minimum absolute atomic E-state index is 0.0732. The van der Waals surface area contributed by atoms with Gasteiger partial charge in [-0.15, -0.1) is 21.5 Å². The van der Waals surface area contributed by atoms with Gasteiger partial charge in [0.05, 0.1) is 10.7 Å². The molecule has 3 aromatic rings. The zero-order valence-electron chi connectivity index (χ0n) is 16.7. The molecule has 1 aliphatic heterocycles. The Balaban J connectivity index is 1.36. The van der Waals surface area contributed by atoms with Gasteiger partial charge in [-0.3, -0.25) is 4.79 Å². The number of anilines is 3. The smallest absolute Gasteiger partial charge is 0.265 e. The van der Waals surface area contributed by atoms with Crippen LogP contribution in [-0.4, -0.2) is 57.2 Å². The van der Waals surface area contributed by atoms with Gasteiger partial charge in [0, 0.05) is 32.4 Å². The fourth-order valence-electron chi connectivity index (χ4n) is 3.31. The van der Waals surface area contributed by atoms with Gasteiger partial charge >= 0.3 is 0 Å². The molecule has 1 saturated heterocycles. The number of carbonyl (C=O) groups excluding carboxylic acids is 1. The maximum Gasteiger partial charge on any atom is 0.265 e. The number of hydrogen-bond acceptors (Lipinski definition) is 8. The Labute approximate surface area is 173 Å². The van der Waals surface area contributed by atoms with E-state index in [2.05, 4.69) is 30.4 Å². The number of piperazine rings is 1. The maximum atomic E-state index is 12.8. The number of aromatic nitrogens is 4. The van der Waals surface area contributed by atoms with Crippen LogP contribution in [0.5, 0.6) is 0 Å². The van der Waals surface area contributed by atoms with Crippen LogP contribution < -0.4 is 10.2 Å². The molecule has 4 rings (SSSR count). The summed E-state index contributed by atoms with van der Waals surface area (Å²) < 4.78 is 0. The lowest BCUT2D eigenvalue weighted by Crippen LogP contribution is -2.49. The quantitative estimate of drug-likeness (QED) is 0.709. The SMILES string of the molecule is Cc1ccnc(Nc2ccc(N3CCN(C(=O)c4sc(C)nc4C)CC3)nn2)c1. The van der Waals surface area contributed by atoms with Crippen LogP contribution >= 0.6 is 11.3 Å². The number of amides is 1. The predicted molar refractivity (Wildman–Crippen MR) is 114 cm³/mol. The first kappa shape index (κ1) is 19.3. The van der Waals surface area contributed by atoms with Gasteiger partial charge in [0.1, 0.15) is 10.7 Å². The van der Waals surface area contributed by atoms with Crippen LogP contribution in [0.15, 0.2) is 30.5 Å². The summed E-state index contributed by atoms with van der Waals surface area (Å²) in [5, 5.41) is 12.7. The Hall–Kier alpha value is -3.07. The molecule has 0 spiro atoms. The van der Waals surface area contributed by atoms with Crippen molar-refractivity contribution in [2.75, 3.05) is 36.4 Å². The molecule has 150 valence electrons. The summed E-state index contributed by atoms with van der Waals surface area (Å²) in [7, 11) is 0. The first-order chi connectivity index (χ1) is 14.0. The molecule has 0 unspecified atom stereocenters. The van der Waals surface area contributed by atoms with Crippen molar-refractivity contribution in [3.63, 3.8) is 0 Å². The van der Waals surface area contributed by atoms with Crippen molar-refractivity contribution in [2.45, 2.75) is 20.8 Å². The number of thiazole rings is 1. The molecular formula is C20H23N7OS. The van der Waals surface area contributed by atoms with Crippen LogP contribution in [-0.2, 0) is 0 Å². The van der Waals surface area contributed by atoms with Crippen LogP contribution in [0.4, 0.5) is 17.5 Å². The van der Waals surface area contributed by atoms with E-state index in [-0.39, 0.29) is 5.91 Å². The third-order valence-electron chi connectivity index (χ3n) is 4.81. The summed E-state index contributed by atoms with van der Waals surface area (Å²) >= 11 is 1.47. The van der Waals surface area contributed by atoms with Gasteiger partial charge in [-0.25, -0.2) is 9.97 Å². The van der Waals surface area contributed by atoms with Crippen molar-refractivity contribution in [1.82, 2.24) is 25.1 Å². The van der Waals surface area contributed by atoms with E-state index in [4.69, 9.17) is 0 Å². The summed E-state index contributed by atoms with van der Waals surface area (Å²) in [6, 6.07) is 7.74. The van der Waals surface area contributed by atoms with E-state index in [1.54, 1.807) is 6.20 Å². The molecule has 29 heavy (non-hydrogen) atoms. The van der Waals surface area contributed by atoms with E-state index in [0.29, 0.717) is 18.9 Å². The van der Waals surface area contributed by atoms with E-state index in [1.807, 2.05) is 49.9 Å². The number of pyridine rings is 1. The summed E-state index contributed by atoms with van der Waals surface area (Å²) in [6.07, 6.45) is 1.76. The Bertz CT molecular complexity index is 1010. The van der Waals surface area contributed by atoms with Gasteiger partial charge in [0.25, 0.3) is 5.91 Å². The summed E-state index contributed by atoms with van der Waals surface area (Å²) in [5.41, 5.74) is 1.94. The van der Waals surface area contributed by atoms with E-state index in [9.17, 15) is 4.79 Å². The number of hydrogen-bond donors (Lipinski definition) is 1. The monoisotopic (exact) mass is 409 g/mol. The first-order valence-electron chi connectivity index (χ1n) is 9.51. The Morgan fingerprint density at radius 3 is 2.45 bits per heavy atom. The first-order valence-corrected chi connectivity index (χ1v) is 10.3. The number of nitrogens with zero attached hydrogens (tertiary/aromatic N) is 6. The lowest BCUT2D eigenvalue weighted by molar-refractivity contribution is 0.0750. The molecule has 0 aromatic carbocycles. The van der Waals surface area contributed by atoms with Crippen LogP contribution in [0.1, 0.15) is 25.9 Å². The number of aryl methyl sites for hydroxylation is 3. The molecular weight excluding hydrogens is 386 g/mol. The second-order valence-corrected chi connectivity index (χ2v) is 8.25. The molecule has 1 N–H and O–H groups in total. The lowest BCUT2D eigenvalue weighted by atomic mass is 10.2. The molecule has 1 aliphatic rings. The van der Waals surface area contributed by atoms with Crippen LogP contribution in [0.2, 0.25) is 0 Å². The largest absolute Gasteiger partial charge is 0.352 e. The highest BCUT2D eigenvalue weighted by Crippen LogP contribution is 2.21. The molecule has 0 radical (unpaired) electrons. The van der Waals surface area contributed by atoms with Crippen LogP contribution in [0, 0.1) is 20.8 Å². The van der Waals surface area contributed by atoms with Crippen molar-refractivity contribution < 1.29 is 4.79 Å². The Morgan fingerprint density at radius 1 is 1.03 bits per heavy atom. The Kier molecular flexibility index (Phi) is 5.39. The van der Waals surface area contributed by atoms with E-state index < -0.39 is 0 Å². The van der Waals surface area contributed by atoms with E-state index >= 15 is 0 Å². The van der Waals surface area contributed by atoms with Gasteiger partial charge in [0.2, 0.25) is 0 Å². The minimum atomic E-state index is 0.0732. The van der Waals surface area contributed by atoms with Crippen molar-refractivity contribution in [2.24, 2.45) is 0 Å². The van der Waals surface area contributed by atoms with Gasteiger partial charge < -0.3 is 15.1 Å². The fourth-order valence-corrected chi connectivity index (χ4v) is 4.20. The molecule has 4 heterocycles. The Morgan fingerprint density at radius 2 is 1.83 bits per heavy atom. The third-order valence-corrected chi connectivity index (χ3v) is 5.87. The minimum Gasteiger partial charge on any atom is -0.352 e.